The van der Waals surface area contributed by atoms with E-state index < -0.39 is 0 Å². The Bertz CT molecular complexity index is 473. The van der Waals surface area contributed by atoms with E-state index in [0.29, 0.717) is 5.88 Å². The molecule has 0 saturated carbocycles. The molecular weight excluding hydrogens is 246 g/mol. The minimum atomic E-state index is 0.105. The van der Waals surface area contributed by atoms with Crippen molar-refractivity contribution in [3.8, 4) is 5.88 Å². The molecular formula is C13H17N3OS. The second-order valence-corrected chi connectivity index (χ2v) is 4.71. The van der Waals surface area contributed by atoms with Crippen molar-refractivity contribution in [3.05, 3.63) is 40.5 Å². The molecule has 2 aromatic rings. The summed E-state index contributed by atoms with van der Waals surface area (Å²) in [4.78, 5) is 8.39. The van der Waals surface area contributed by atoms with E-state index in [9.17, 15) is 0 Å². The molecule has 0 bridgehead atoms. The van der Waals surface area contributed by atoms with Crippen molar-refractivity contribution in [2.24, 2.45) is 0 Å². The molecule has 4 nitrogen and oxygen atoms in total. The van der Waals surface area contributed by atoms with E-state index >= 15 is 0 Å². The maximum Gasteiger partial charge on any atom is 0.216 e. The Kier molecular flexibility index (Phi) is 4.66. The molecule has 1 N–H and O–H groups in total. The average Bonchev–Trinajstić information content (AvgIpc) is 2.93. The van der Waals surface area contributed by atoms with Gasteiger partial charge >= 0.3 is 0 Å². The number of rotatable bonds is 6. The van der Waals surface area contributed by atoms with Gasteiger partial charge in [0.15, 0.2) is 0 Å². The number of nitrogens with zero attached hydrogens (tertiary/aromatic N) is 2. The molecule has 2 rings (SSSR count). The van der Waals surface area contributed by atoms with Crippen molar-refractivity contribution in [1.29, 1.82) is 0 Å². The lowest BCUT2D eigenvalue weighted by Crippen LogP contribution is -2.23. The van der Waals surface area contributed by atoms with E-state index in [1.54, 1.807) is 24.8 Å². The number of nitrogens with one attached hydrogen (secondary N) is 1. The Morgan fingerprint density at radius 3 is 3.00 bits per heavy atom. The van der Waals surface area contributed by atoms with Gasteiger partial charge in [-0.3, -0.25) is 0 Å². The summed E-state index contributed by atoms with van der Waals surface area (Å²) in [6.07, 6.45) is 2.63. The van der Waals surface area contributed by atoms with Crippen LogP contribution in [0.1, 0.15) is 30.6 Å². The molecule has 2 aromatic heterocycles. The van der Waals surface area contributed by atoms with Crippen molar-refractivity contribution < 1.29 is 4.74 Å². The molecule has 2 heterocycles. The third kappa shape index (κ3) is 3.05. The number of hydrogen-bond acceptors (Lipinski definition) is 5. The lowest BCUT2D eigenvalue weighted by atomic mass is 10.1. The van der Waals surface area contributed by atoms with Crippen LogP contribution in [0.4, 0.5) is 0 Å². The van der Waals surface area contributed by atoms with Gasteiger partial charge in [-0.05, 0) is 35.4 Å². The van der Waals surface area contributed by atoms with Crippen LogP contribution in [-0.4, -0.2) is 23.6 Å². The fourth-order valence-electron chi connectivity index (χ4n) is 1.74. The number of aromatic nitrogens is 2. The number of hydrogen-bond donors (Lipinski definition) is 1. The van der Waals surface area contributed by atoms with E-state index in [1.807, 2.05) is 6.07 Å². The fourth-order valence-corrected chi connectivity index (χ4v) is 2.43. The normalized spacial score (nSPS) is 12.3. The predicted octanol–water partition coefficient (Wildman–Crippen LogP) is 2.64. The summed E-state index contributed by atoms with van der Waals surface area (Å²) < 4.78 is 5.15. The summed E-state index contributed by atoms with van der Waals surface area (Å²) in [5.74, 6) is 0.596. The first-order valence-corrected chi connectivity index (χ1v) is 6.90. The summed E-state index contributed by atoms with van der Waals surface area (Å²) >= 11 is 1.69. The smallest absolute Gasteiger partial charge is 0.216 e. The van der Waals surface area contributed by atoms with Crippen LogP contribution >= 0.6 is 11.3 Å². The maximum absolute atomic E-state index is 5.15. The first kappa shape index (κ1) is 13.0. The van der Waals surface area contributed by atoms with Crippen LogP contribution in [-0.2, 0) is 0 Å². The van der Waals surface area contributed by atoms with E-state index in [0.717, 1.165) is 18.7 Å². The molecule has 0 aromatic carbocycles. The lowest BCUT2D eigenvalue weighted by molar-refractivity contribution is 0.395. The molecule has 0 radical (unpaired) electrons. The van der Waals surface area contributed by atoms with Gasteiger partial charge in [0.1, 0.15) is 6.33 Å². The first-order chi connectivity index (χ1) is 8.85. The molecule has 0 spiro atoms. The molecule has 5 heteroatoms. The second-order valence-electron chi connectivity index (χ2n) is 3.93. The maximum atomic E-state index is 5.15. The van der Waals surface area contributed by atoms with Crippen molar-refractivity contribution in [2.75, 3.05) is 13.7 Å². The molecule has 0 aliphatic heterocycles. The van der Waals surface area contributed by atoms with E-state index in [2.05, 4.69) is 39.0 Å². The van der Waals surface area contributed by atoms with Crippen LogP contribution in [0.25, 0.3) is 0 Å². The van der Waals surface area contributed by atoms with Gasteiger partial charge in [0.05, 0.1) is 18.8 Å². The second kappa shape index (κ2) is 6.47. The largest absolute Gasteiger partial charge is 0.481 e. The zero-order valence-corrected chi connectivity index (χ0v) is 11.4. The first-order valence-electron chi connectivity index (χ1n) is 5.96. The molecule has 18 heavy (non-hydrogen) atoms. The third-order valence-electron chi connectivity index (χ3n) is 2.64. The Morgan fingerprint density at radius 2 is 2.33 bits per heavy atom. The quantitative estimate of drug-likeness (QED) is 0.870. The fraction of sp³-hybridized carbons (Fsp3) is 0.385. The zero-order valence-electron chi connectivity index (χ0n) is 10.6. The van der Waals surface area contributed by atoms with Crippen LogP contribution in [0.2, 0.25) is 0 Å². The highest BCUT2D eigenvalue weighted by Crippen LogP contribution is 2.24. The lowest BCUT2D eigenvalue weighted by Gasteiger charge is -2.17. The van der Waals surface area contributed by atoms with Gasteiger partial charge in [-0.25, -0.2) is 9.97 Å². The topological polar surface area (TPSA) is 47.0 Å². The molecule has 0 fully saturated rings. The minimum Gasteiger partial charge on any atom is -0.481 e. The van der Waals surface area contributed by atoms with E-state index in [4.69, 9.17) is 4.74 Å². The van der Waals surface area contributed by atoms with Crippen LogP contribution in [0.3, 0.4) is 0 Å². The van der Waals surface area contributed by atoms with Gasteiger partial charge in [-0.15, -0.1) is 0 Å². The molecule has 0 saturated heterocycles. The van der Waals surface area contributed by atoms with Gasteiger partial charge in [0.2, 0.25) is 5.88 Å². The molecule has 0 aliphatic rings. The van der Waals surface area contributed by atoms with Crippen LogP contribution in [0.5, 0.6) is 5.88 Å². The van der Waals surface area contributed by atoms with E-state index in [1.165, 1.54) is 5.56 Å². The average molecular weight is 263 g/mol. The molecule has 96 valence electrons. The van der Waals surface area contributed by atoms with Gasteiger partial charge in [-0.2, -0.15) is 11.3 Å². The van der Waals surface area contributed by atoms with E-state index in [-0.39, 0.29) is 6.04 Å². The van der Waals surface area contributed by atoms with Gasteiger partial charge in [0.25, 0.3) is 0 Å². The SMILES string of the molecule is CCCNC(c1ccsc1)c1cc(OC)ncn1. The molecule has 0 amide bonds. The van der Waals surface area contributed by atoms with Crippen molar-refractivity contribution in [2.45, 2.75) is 19.4 Å². The summed E-state index contributed by atoms with van der Waals surface area (Å²) in [6.45, 7) is 3.10. The predicted molar refractivity (Wildman–Crippen MR) is 73.0 cm³/mol. The Morgan fingerprint density at radius 1 is 1.44 bits per heavy atom. The van der Waals surface area contributed by atoms with Crippen LogP contribution < -0.4 is 10.1 Å². The van der Waals surface area contributed by atoms with Crippen molar-refractivity contribution in [1.82, 2.24) is 15.3 Å². The Hall–Kier alpha value is -1.46. The zero-order chi connectivity index (χ0) is 12.8. The van der Waals surface area contributed by atoms with Crippen LogP contribution in [0, 0.1) is 0 Å². The third-order valence-corrected chi connectivity index (χ3v) is 3.34. The summed E-state index contributed by atoms with van der Waals surface area (Å²) in [5, 5.41) is 7.72. The Labute approximate surface area is 111 Å². The molecule has 1 atom stereocenters. The summed E-state index contributed by atoms with van der Waals surface area (Å²) in [6, 6.07) is 4.10. The highest BCUT2D eigenvalue weighted by molar-refractivity contribution is 7.08. The standard InChI is InChI=1S/C13H17N3OS/c1-3-5-14-13(10-4-6-18-8-10)11-7-12(17-2)16-9-15-11/h4,6-9,13-14H,3,5H2,1-2H3. The minimum absolute atomic E-state index is 0.105. The summed E-state index contributed by atoms with van der Waals surface area (Å²) in [7, 11) is 1.62. The number of thiophene rings is 1. The molecule has 0 aliphatic carbocycles. The van der Waals surface area contributed by atoms with Gasteiger partial charge in [0, 0.05) is 6.07 Å². The van der Waals surface area contributed by atoms with Gasteiger partial charge in [-0.1, -0.05) is 6.92 Å². The Balaban J connectivity index is 2.27. The van der Waals surface area contributed by atoms with Crippen molar-refractivity contribution in [3.63, 3.8) is 0 Å². The highest BCUT2D eigenvalue weighted by atomic mass is 32.1. The number of ether oxygens (including phenoxy) is 1. The summed E-state index contributed by atoms with van der Waals surface area (Å²) in [5.41, 5.74) is 2.17. The molecule has 1 unspecified atom stereocenters. The van der Waals surface area contributed by atoms with Crippen molar-refractivity contribution >= 4 is 11.3 Å². The van der Waals surface area contributed by atoms with Crippen LogP contribution in [0.15, 0.2) is 29.2 Å². The monoisotopic (exact) mass is 263 g/mol. The highest BCUT2D eigenvalue weighted by Gasteiger charge is 2.16. The number of methoxy groups -OCH3 is 1. The van der Waals surface area contributed by atoms with Gasteiger partial charge < -0.3 is 10.1 Å².